The van der Waals surface area contributed by atoms with E-state index in [2.05, 4.69) is 10.4 Å². The molecular weight excluding hydrogens is 206 g/mol. The lowest BCUT2D eigenvalue weighted by molar-refractivity contribution is 0.102. The Hall–Kier alpha value is -2.04. The van der Waals surface area contributed by atoms with Gasteiger partial charge in [-0.15, -0.1) is 0 Å². The van der Waals surface area contributed by atoms with Crippen LogP contribution in [0.4, 0.5) is 5.82 Å². The Kier molecular flexibility index (Phi) is 2.52. The lowest BCUT2D eigenvalue weighted by Crippen LogP contribution is -2.15. The number of furan rings is 1. The molecule has 5 heteroatoms. The van der Waals surface area contributed by atoms with Gasteiger partial charge in [0.1, 0.15) is 11.6 Å². The molecule has 0 aromatic carbocycles. The second-order valence-electron chi connectivity index (χ2n) is 3.64. The molecule has 0 radical (unpaired) electrons. The Morgan fingerprint density at radius 2 is 2.25 bits per heavy atom. The zero-order valence-corrected chi connectivity index (χ0v) is 9.44. The van der Waals surface area contributed by atoms with Gasteiger partial charge in [-0.2, -0.15) is 5.10 Å². The average Bonchev–Trinajstić information content (AvgIpc) is 2.75. The molecule has 0 saturated carbocycles. The number of anilines is 1. The van der Waals surface area contributed by atoms with Crippen molar-refractivity contribution in [1.82, 2.24) is 9.78 Å². The highest BCUT2D eigenvalue weighted by atomic mass is 16.3. The predicted molar refractivity (Wildman–Crippen MR) is 59.3 cm³/mol. The van der Waals surface area contributed by atoms with Gasteiger partial charge >= 0.3 is 0 Å². The van der Waals surface area contributed by atoms with Crippen molar-refractivity contribution in [1.29, 1.82) is 0 Å². The molecule has 2 aromatic rings. The highest BCUT2D eigenvalue weighted by Gasteiger charge is 2.16. The minimum Gasteiger partial charge on any atom is -0.469 e. The summed E-state index contributed by atoms with van der Waals surface area (Å²) < 4.78 is 6.78. The van der Waals surface area contributed by atoms with E-state index in [1.54, 1.807) is 37.2 Å². The fraction of sp³-hybridized carbons (Fsp3) is 0.273. The third-order valence-corrected chi connectivity index (χ3v) is 2.45. The van der Waals surface area contributed by atoms with E-state index in [9.17, 15) is 4.79 Å². The Morgan fingerprint density at radius 1 is 1.50 bits per heavy atom. The van der Waals surface area contributed by atoms with Gasteiger partial charge in [0.25, 0.3) is 5.91 Å². The molecule has 0 unspecified atom stereocenters. The van der Waals surface area contributed by atoms with Crippen LogP contribution in [0, 0.1) is 13.8 Å². The first-order chi connectivity index (χ1) is 7.59. The smallest absolute Gasteiger partial charge is 0.260 e. The molecule has 0 aliphatic heterocycles. The van der Waals surface area contributed by atoms with Crippen molar-refractivity contribution in [3.8, 4) is 0 Å². The molecule has 1 N–H and O–H groups in total. The summed E-state index contributed by atoms with van der Waals surface area (Å²) in [4.78, 5) is 12.0. The number of aromatic nitrogens is 2. The molecular formula is C11H13N3O2. The molecule has 1 amide bonds. The predicted octanol–water partition coefficient (Wildman–Crippen LogP) is 1.88. The van der Waals surface area contributed by atoms with Crippen LogP contribution in [-0.2, 0) is 7.05 Å². The number of hydrogen-bond donors (Lipinski definition) is 1. The van der Waals surface area contributed by atoms with Gasteiger partial charge in [-0.05, 0) is 13.8 Å². The summed E-state index contributed by atoms with van der Waals surface area (Å²) in [5.41, 5.74) is 1.42. The van der Waals surface area contributed by atoms with Gasteiger partial charge in [0.15, 0.2) is 0 Å². The van der Waals surface area contributed by atoms with Crippen molar-refractivity contribution >= 4 is 11.7 Å². The van der Waals surface area contributed by atoms with E-state index in [1.165, 1.54) is 0 Å². The third-order valence-electron chi connectivity index (χ3n) is 2.45. The highest BCUT2D eigenvalue weighted by molar-refractivity contribution is 6.05. The quantitative estimate of drug-likeness (QED) is 0.838. The number of amides is 1. The fourth-order valence-corrected chi connectivity index (χ4v) is 1.59. The van der Waals surface area contributed by atoms with E-state index >= 15 is 0 Å². The van der Waals surface area contributed by atoms with Crippen LogP contribution in [0.2, 0.25) is 0 Å². The van der Waals surface area contributed by atoms with Crippen molar-refractivity contribution in [3.05, 3.63) is 35.4 Å². The van der Waals surface area contributed by atoms with Gasteiger partial charge in [-0.3, -0.25) is 9.48 Å². The second-order valence-corrected chi connectivity index (χ2v) is 3.64. The molecule has 0 fully saturated rings. The number of carbonyl (C=O) groups is 1. The first-order valence-corrected chi connectivity index (χ1v) is 4.93. The number of carbonyl (C=O) groups excluding carboxylic acids is 1. The number of hydrogen-bond acceptors (Lipinski definition) is 3. The van der Waals surface area contributed by atoms with Crippen LogP contribution in [0.1, 0.15) is 21.7 Å². The molecule has 84 valence electrons. The van der Waals surface area contributed by atoms with Gasteiger partial charge in [-0.1, -0.05) is 0 Å². The second kappa shape index (κ2) is 3.84. The van der Waals surface area contributed by atoms with E-state index in [1.807, 2.05) is 6.92 Å². The van der Waals surface area contributed by atoms with Crippen LogP contribution in [0.5, 0.6) is 0 Å². The summed E-state index contributed by atoms with van der Waals surface area (Å²) in [6.07, 6.45) is 3.21. The van der Waals surface area contributed by atoms with E-state index in [4.69, 9.17) is 4.42 Å². The number of nitrogens with one attached hydrogen (secondary N) is 1. The van der Waals surface area contributed by atoms with Crippen LogP contribution >= 0.6 is 0 Å². The maximum absolute atomic E-state index is 12.0. The summed E-state index contributed by atoms with van der Waals surface area (Å²) in [6.45, 7) is 3.61. The topological polar surface area (TPSA) is 60.1 Å². The summed E-state index contributed by atoms with van der Waals surface area (Å²) in [6, 6.07) is 1.74. The van der Waals surface area contributed by atoms with Gasteiger partial charge in [0.2, 0.25) is 0 Å². The molecule has 2 aromatic heterocycles. The minimum atomic E-state index is -0.174. The number of aryl methyl sites for hydroxylation is 3. The third kappa shape index (κ3) is 1.71. The molecule has 0 saturated heterocycles. The summed E-state index contributed by atoms with van der Waals surface area (Å²) in [7, 11) is 1.77. The molecule has 0 atom stereocenters. The van der Waals surface area contributed by atoms with Crippen molar-refractivity contribution in [2.45, 2.75) is 13.8 Å². The largest absolute Gasteiger partial charge is 0.469 e. The van der Waals surface area contributed by atoms with Crippen molar-refractivity contribution in [3.63, 3.8) is 0 Å². The van der Waals surface area contributed by atoms with Gasteiger partial charge in [0, 0.05) is 18.7 Å². The van der Waals surface area contributed by atoms with Crippen LogP contribution in [0.3, 0.4) is 0 Å². The van der Waals surface area contributed by atoms with Crippen LogP contribution in [0.25, 0.3) is 0 Å². The van der Waals surface area contributed by atoms with Crippen molar-refractivity contribution < 1.29 is 9.21 Å². The van der Waals surface area contributed by atoms with Gasteiger partial charge < -0.3 is 9.73 Å². The fourth-order valence-electron chi connectivity index (χ4n) is 1.59. The highest BCUT2D eigenvalue weighted by Crippen LogP contribution is 2.17. The Balaban J connectivity index is 2.25. The van der Waals surface area contributed by atoms with Crippen molar-refractivity contribution in [2.24, 2.45) is 7.05 Å². The molecule has 0 aliphatic carbocycles. The molecule has 0 bridgehead atoms. The Bertz CT molecular complexity index is 506. The van der Waals surface area contributed by atoms with E-state index in [0.29, 0.717) is 17.1 Å². The zero-order chi connectivity index (χ0) is 11.7. The Labute approximate surface area is 93.1 Å². The maximum Gasteiger partial charge on any atom is 0.260 e. The van der Waals surface area contributed by atoms with Crippen molar-refractivity contribution in [2.75, 3.05) is 5.32 Å². The molecule has 0 aliphatic rings. The SMILES string of the molecule is Cc1coc(C)c1C(=O)Nc1ccnn1C. The Morgan fingerprint density at radius 3 is 2.75 bits per heavy atom. The first kappa shape index (κ1) is 10.5. The zero-order valence-electron chi connectivity index (χ0n) is 9.44. The maximum atomic E-state index is 12.0. The summed E-state index contributed by atoms with van der Waals surface area (Å²) in [5.74, 6) is 1.11. The van der Waals surface area contributed by atoms with Gasteiger partial charge in [-0.25, -0.2) is 0 Å². The van der Waals surface area contributed by atoms with Crippen LogP contribution < -0.4 is 5.32 Å². The summed E-state index contributed by atoms with van der Waals surface area (Å²) >= 11 is 0. The molecule has 0 spiro atoms. The molecule has 16 heavy (non-hydrogen) atoms. The average molecular weight is 219 g/mol. The first-order valence-electron chi connectivity index (χ1n) is 4.93. The van der Waals surface area contributed by atoms with E-state index in [0.717, 1.165) is 5.56 Å². The van der Waals surface area contributed by atoms with E-state index < -0.39 is 0 Å². The lowest BCUT2D eigenvalue weighted by Gasteiger charge is -2.04. The summed E-state index contributed by atoms with van der Waals surface area (Å²) in [5, 5.41) is 6.75. The standard InChI is InChI=1S/C11H13N3O2/c1-7-6-16-8(2)10(7)11(15)13-9-4-5-12-14(9)3/h4-6H,1-3H3,(H,13,15). The minimum absolute atomic E-state index is 0.174. The molecule has 5 nitrogen and oxygen atoms in total. The number of nitrogens with zero attached hydrogens (tertiary/aromatic N) is 2. The van der Waals surface area contributed by atoms with Crippen LogP contribution in [0.15, 0.2) is 22.9 Å². The molecule has 2 rings (SSSR count). The normalized spacial score (nSPS) is 10.4. The molecule has 2 heterocycles. The van der Waals surface area contributed by atoms with Gasteiger partial charge in [0.05, 0.1) is 18.0 Å². The van der Waals surface area contributed by atoms with E-state index in [-0.39, 0.29) is 5.91 Å². The lowest BCUT2D eigenvalue weighted by atomic mass is 10.1. The monoisotopic (exact) mass is 219 g/mol. The number of rotatable bonds is 2. The van der Waals surface area contributed by atoms with Crippen LogP contribution in [-0.4, -0.2) is 15.7 Å².